The zero-order valence-electron chi connectivity index (χ0n) is 15.0. The fourth-order valence-corrected chi connectivity index (χ4v) is 2.64. The number of imidazole rings is 1. The molecule has 0 spiro atoms. The number of aliphatic hydroxyl groups excluding tert-OH is 2. The van der Waals surface area contributed by atoms with Gasteiger partial charge in [0, 0.05) is 0 Å². The number of hydrogen-bond donors (Lipinski definition) is 3. The van der Waals surface area contributed by atoms with Crippen LogP contribution in [0.2, 0.25) is 0 Å². The maximum absolute atomic E-state index is 11.6. The molecule has 2 aromatic rings. The molecule has 0 aromatic carbocycles. The number of nitrogens with zero attached hydrogens (tertiary/aromatic N) is 3. The minimum absolute atomic E-state index is 0. The minimum Gasteiger partial charge on any atom is -0.790 e. The van der Waals surface area contributed by atoms with E-state index in [1.165, 1.54) is 10.9 Å². The van der Waals surface area contributed by atoms with Gasteiger partial charge in [0.25, 0.3) is 5.56 Å². The van der Waals surface area contributed by atoms with Crippen LogP contribution in [-0.2, 0) is 13.8 Å². The third-order valence-electron chi connectivity index (χ3n) is 3.37. The number of ether oxygens (including phenoxy) is 1. The standard InChI is InChI=1S/C10H13N4O8P.Ba.6H2O/c15-6-4(1-21-23(18,19)20)22-10(7(6)16)14-3-13-5-8(14)11-2-12-9(5)17;;;;;;;/h2-4,6-7,10,15-16H,1H2,(H,11,12,17)(H2,18,19,20);;6*1H2/q;+2;;;;;;/p-2/t4-,6-,7-,10-;;;;;;;/m1......./s1. The zero-order valence-corrected chi connectivity index (χ0v) is 20.3. The van der Waals surface area contributed by atoms with Crippen molar-refractivity contribution in [3.63, 3.8) is 0 Å². The topological polar surface area (TPSA) is 375 Å². The molecule has 0 amide bonds. The summed E-state index contributed by atoms with van der Waals surface area (Å²) < 4.78 is 21.1. The van der Waals surface area contributed by atoms with Crippen molar-refractivity contribution >= 4 is 67.9 Å². The quantitative estimate of drug-likeness (QED) is 0.222. The molecule has 30 heavy (non-hydrogen) atoms. The van der Waals surface area contributed by atoms with Crippen LogP contribution in [0.25, 0.3) is 11.2 Å². The molecule has 0 aliphatic carbocycles. The fraction of sp³-hybridized carbons (Fsp3) is 0.500. The van der Waals surface area contributed by atoms with E-state index in [0.717, 1.165) is 6.33 Å². The van der Waals surface area contributed by atoms with E-state index in [1.807, 2.05) is 0 Å². The van der Waals surface area contributed by atoms with E-state index in [-0.39, 0.29) is 92.9 Å². The first-order valence-corrected chi connectivity index (χ1v) is 7.82. The van der Waals surface area contributed by atoms with Gasteiger partial charge in [-0.15, -0.1) is 0 Å². The van der Waals surface area contributed by atoms with Crippen LogP contribution in [0.1, 0.15) is 6.23 Å². The van der Waals surface area contributed by atoms with E-state index < -0.39 is 44.5 Å². The number of hydrogen-bond acceptors (Lipinski definition) is 10. The number of aromatic nitrogens is 4. The van der Waals surface area contributed by atoms with Crippen molar-refractivity contribution in [2.24, 2.45) is 0 Å². The Bertz CT molecular complexity index is 828. The molecular formula is C10H23BaN4O14P. The molecular weight excluding hydrogens is 568 g/mol. The van der Waals surface area contributed by atoms with Crippen molar-refractivity contribution in [2.75, 3.05) is 6.61 Å². The van der Waals surface area contributed by atoms with Gasteiger partial charge < -0.3 is 71.7 Å². The van der Waals surface area contributed by atoms with Crippen LogP contribution in [0.3, 0.4) is 0 Å². The van der Waals surface area contributed by atoms with E-state index in [4.69, 9.17) is 4.74 Å². The van der Waals surface area contributed by atoms with Gasteiger partial charge in [0.1, 0.15) is 18.3 Å². The van der Waals surface area contributed by atoms with Gasteiger partial charge in [-0.05, 0) is 0 Å². The van der Waals surface area contributed by atoms with Gasteiger partial charge in [0.15, 0.2) is 17.4 Å². The molecule has 1 saturated heterocycles. The molecule has 174 valence electrons. The molecule has 3 heterocycles. The second kappa shape index (κ2) is 15.5. The van der Waals surface area contributed by atoms with Crippen LogP contribution in [0.4, 0.5) is 0 Å². The van der Waals surface area contributed by atoms with Crippen molar-refractivity contribution in [1.82, 2.24) is 19.5 Å². The number of fused-ring (bicyclic) bond motifs is 1. The summed E-state index contributed by atoms with van der Waals surface area (Å²) in [5.41, 5.74) is -0.397. The molecule has 3 rings (SSSR count). The average Bonchev–Trinajstić information content (AvgIpc) is 3.01. The summed E-state index contributed by atoms with van der Waals surface area (Å²) in [7, 11) is -5.24. The monoisotopic (exact) mass is 592 g/mol. The molecule has 1 aliphatic rings. The summed E-state index contributed by atoms with van der Waals surface area (Å²) in [4.78, 5) is 42.6. The normalized spacial score (nSPS) is 21.9. The van der Waals surface area contributed by atoms with E-state index in [1.54, 1.807) is 0 Å². The SMILES string of the molecule is O.O.O.O.O.O.O=c1[nH]cnc2c1ncn2[C@@H]1O[C@H](COP(=O)([O-])[O-])[C@@H](O)[C@H]1O.[Ba+2]. The first-order valence-electron chi connectivity index (χ1n) is 6.36. The molecule has 4 atom stereocenters. The molecule has 0 bridgehead atoms. The number of phosphoric ester groups is 1. The van der Waals surface area contributed by atoms with Crippen molar-refractivity contribution in [3.8, 4) is 0 Å². The molecule has 15 N–H and O–H groups in total. The zero-order chi connectivity index (χ0) is 16.8. The van der Waals surface area contributed by atoms with Crippen molar-refractivity contribution < 1.29 is 66.7 Å². The third kappa shape index (κ3) is 8.31. The predicted octanol–water partition coefficient (Wildman–Crippen LogP) is -8.74. The first kappa shape index (κ1) is 40.1. The second-order valence-electron chi connectivity index (χ2n) is 4.84. The maximum Gasteiger partial charge on any atom is 2.00 e. The molecule has 1 aliphatic heterocycles. The smallest absolute Gasteiger partial charge is 0.790 e. The first-order chi connectivity index (χ1) is 10.8. The predicted molar refractivity (Wildman–Crippen MR) is 95.1 cm³/mol. The van der Waals surface area contributed by atoms with Gasteiger partial charge >= 0.3 is 48.9 Å². The van der Waals surface area contributed by atoms with Crippen molar-refractivity contribution in [3.05, 3.63) is 23.0 Å². The van der Waals surface area contributed by atoms with Gasteiger partial charge in [-0.3, -0.25) is 9.36 Å². The summed E-state index contributed by atoms with van der Waals surface area (Å²) in [6.07, 6.45) is -3.11. The molecule has 0 saturated carbocycles. The van der Waals surface area contributed by atoms with Crippen molar-refractivity contribution in [2.45, 2.75) is 24.5 Å². The summed E-state index contributed by atoms with van der Waals surface area (Å²) in [5.74, 6) is 0. The van der Waals surface area contributed by atoms with Crippen LogP contribution in [0, 0.1) is 0 Å². The van der Waals surface area contributed by atoms with E-state index in [0.29, 0.717) is 0 Å². The maximum atomic E-state index is 11.6. The van der Waals surface area contributed by atoms with Crippen LogP contribution in [0.15, 0.2) is 17.4 Å². The summed E-state index contributed by atoms with van der Waals surface area (Å²) in [5, 5.41) is 19.9. The van der Waals surface area contributed by atoms with Gasteiger partial charge in [-0.25, -0.2) is 9.97 Å². The Morgan fingerprint density at radius 3 is 2.23 bits per heavy atom. The van der Waals surface area contributed by atoms with Gasteiger partial charge in [-0.2, -0.15) is 0 Å². The van der Waals surface area contributed by atoms with E-state index in [9.17, 15) is 29.4 Å². The molecule has 1 fully saturated rings. The number of H-pyrrole nitrogens is 1. The molecule has 20 heteroatoms. The van der Waals surface area contributed by atoms with E-state index in [2.05, 4.69) is 19.5 Å². The van der Waals surface area contributed by atoms with Gasteiger partial charge in [0.2, 0.25) is 0 Å². The number of phosphoric acid groups is 1. The summed E-state index contributed by atoms with van der Waals surface area (Å²) in [6, 6.07) is 0. The number of aromatic amines is 1. The summed E-state index contributed by atoms with van der Waals surface area (Å²) >= 11 is 0. The Balaban J connectivity index is -0.000000298. The number of rotatable bonds is 4. The van der Waals surface area contributed by atoms with Crippen LogP contribution in [-0.4, -0.2) is 136 Å². The largest absolute Gasteiger partial charge is 2.00 e. The van der Waals surface area contributed by atoms with Crippen LogP contribution < -0.4 is 15.3 Å². The number of nitrogens with one attached hydrogen (secondary N) is 1. The second-order valence-corrected chi connectivity index (χ2v) is 6.00. The number of aliphatic hydroxyl groups is 2. The molecule has 2 aromatic heterocycles. The minimum atomic E-state index is -5.24. The fourth-order valence-electron chi connectivity index (χ4n) is 2.31. The van der Waals surface area contributed by atoms with Crippen molar-refractivity contribution in [1.29, 1.82) is 0 Å². The Labute approximate surface area is 207 Å². The molecule has 0 unspecified atom stereocenters. The Morgan fingerprint density at radius 1 is 1.13 bits per heavy atom. The van der Waals surface area contributed by atoms with Gasteiger partial charge in [0.05, 0.1) is 27.1 Å². The molecule has 0 radical (unpaired) electrons. The molecule has 18 nitrogen and oxygen atoms in total. The summed E-state index contributed by atoms with van der Waals surface area (Å²) in [6.45, 7) is -0.750. The Kier molecular flexibility index (Phi) is 20.7. The average molecular weight is 592 g/mol. The van der Waals surface area contributed by atoms with E-state index >= 15 is 0 Å². The Morgan fingerprint density at radius 2 is 1.70 bits per heavy atom. The van der Waals surface area contributed by atoms with Crippen LogP contribution >= 0.6 is 7.82 Å². The Hall–Kier alpha value is -0.329. The van der Waals surface area contributed by atoms with Gasteiger partial charge in [-0.1, -0.05) is 0 Å². The van der Waals surface area contributed by atoms with Crippen LogP contribution in [0.5, 0.6) is 0 Å². The third-order valence-corrected chi connectivity index (χ3v) is 3.84.